The van der Waals surface area contributed by atoms with Gasteiger partial charge in [0.05, 0.1) is 0 Å². The molecular weight excluding hydrogens is 233 g/mol. The second-order valence-electron chi connectivity index (χ2n) is 4.21. The zero-order valence-electron chi connectivity index (χ0n) is 10.9. The average molecular weight is 253 g/mol. The molecule has 0 bridgehead atoms. The number of carbonyl (C=O) groups excluding carboxylic acids is 1. The molecule has 100 valence electrons. The molecule has 0 aliphatic rings. The summed E-state index contributed by atoms with van der Waals surface area (Å²) in [7, 11) is 0. The van der Waals surface area contributed by atoms with Gasteiger partial charge in [0.25, 0.3) is 5.91 Å². The zero-order valence-corrected chi connectivity index (χ0v) is 10.9. The van der Waals surface area contributed by atoms with Crippen LogP contribution in [0.4, 0.5) is 4.39 Å². The number of hydrogen-bond acceptors (Lipinski definition) is 2. The van der Waals surface area contributed by atoms with Crippen LogP contribution < -0.4 is 10.1 Å². The molecule has 0 fully saturated rings. The summed E-state index contributed by atoms with van der Waals surface area (Å²) in [6.07, 6.45) is 2.07. The summed E-state index contributed by atoms with van der Waals surface area (Å²) in [6.45, 7) is 4.68. The van der Waals surface area contributed by atoms with Crippen molar-refractivity contribution in [1.29, 1.82) is 0 Å². The van der Waals surface area contributed by atoms with Crippen LogP contribution in [0.5, 0.6) is 5.75 Å². The van der Waals surface area contributed by atoms with E-state index >= 15 is 0 Å². The molecule has 0 radical (unpaired) electrons. The Hall–Kier alpha value is -1.58. The van der Waals surface area contributed by atoms with Gasteiger partial charge in [-0.15, -0.1) is 0 Å². The third-order valence-corrected chi connectivity index (χ3v) is 2.94. The van der Waals surface area contributed by atoms with Gasteiger partial charge in [0.2, 0.25) is 0 Å². The zero-order chi connectivity index (χ0) is 13.4. The Morgan fingerprint density at radius 2 is 2.00 bits per heavy atom. The molecule has 0 saturated carbocycles. The van der Waals surface area contributed by atoms with Crippen molar-refractivity contribution in [2.45, 2.75) is 26.7 Å². The molecule has 1 aromatic carbocycles. The summed E-state index contributed by atoms with van der Waals surface area (Å²) in [5, 5.41) is 2.79. The number of amides is 1. The van der Waals surface area contributed by atoms with Gasteiger partial charge in [-0.2, -0.15) is 0 Å². The maximum atomic E-state index is 13.2. The number of para-hydroxylation sites is 1. The maximum absolute atomic E-state index is 13.2. The van der Waals surface area contributed by atoms with Crippen LogP contribution in [-0.4, -0.2) is 19.1 Å². The molecule has 0 atom stereocenters. The smallest absolute Gasteiger partial charge is 0.257 e. The summed E-state index contributed by atoms with van der Waals surface area (Å²) in [4.78, 5) is 11.5. The van der Waals surface area contributed by atoms with E-state index in [-0.39, 0.29) is 18.3 Å². The lowest BCUT2D eigenvalue weighted by atomic mass is 10.0. The highest BCUT2D eigenvalue weighted by Crippen LogP contribution is 2.14. The minimum absolute atomic E-state index is 0.107. The van der Waals surface area contributed by atoms with Gasteiger partial charge in [-0.3, -0.25) is 4.79 Å². The van der Waals surface area contributed by atoms with Gasteiger partial charge in [0.15, 0.2) is 18.2 Å². The minimum Gasteiger partial charge on any atom is -0.481 e. The molecule has 3 nitrogen and oxygen atoms in total. The van der Waals surface area contributed by atoms with E-state index in [4.69, 9.17) is 4.74 Å². The fourth-order valence-electron chi connectivity index (χ4n) is 1.59. The third-order valence-electron chi connectivity index (χ3n) is 2.94. The van der Waals surface area contributed by atoms with E-state index in [1.807, 2.05) is 0 Å². The van der Waals surface area contributed by atoms with Crippen LogP contribution in [0.3, 0.4) is 0 Å². The molecule has 1 aromatic rings. The Labute approximate surface area is 107 Å². The molecule has 0 aromatic heterocycles. The molecule has 4 heteroatoms. The molecule has 0 spiro atoms. The van der Waals surface area contributed by atoms with E-state index in [0.29, 0.717) is 12.5 Å². The summed E-state index contributed by atoms with van der Waals surface area (Å²) in [6, 6.07) is 6.05. The quantitative estimate of drug-likeness (QED) is 0.811. The molecule has 1 amide bonds. The Bertz CT molecular complexity index is 378. The van der Waals surface area contributed by atoms with Crippen molar-refractivity contribution >= 4 is 5.91 Å². The predicted molar refractivity (Wildman–Crippen MR) is 69.0 cm³/mol. The maximum Gasteiger partial charge on any atom is 0.257 e. The molecule has 0 saturated heterocycles. The number of carbonyl (C=O) groups is 1. The molecule has 0 heterocycles. The summed E-state index contributed by atoms with van der Waals surface area (Å²) >= 11 is 0. The van der Waals surface area contributed by atoms with Crippen LogP contribution in [-0.2, 0) is 4.79 Å². The first kappa shape index (κ1) is 14.5. The standard InChI is InChI=1S/C14H20FNO2/c1-3-11(4-2)9-16-14(17)10-18-13-8-6-5-7-12(13)15/h5-8,11H,3-4,9-10H2,1-2H3,(H,16,17). The van der Waals surface area contributed by atoms with Gasteiger partial charge >= 0.3 is 0 Å². The van der Waals surface area contributed by atoms with Crippen LogP contribution in [0.2, 0.25) is 0 Å². The van der Waals surface area contributed by atoms with E-state index in [9.17, 15) is 9.18 Å². The number of rotatable bonds is 7. The number of halogens is 1. The molecule has 1 N–H and O–H groups in total. The lowest BCUT2D eigenvalue weighted by Gasteiger charge is -2.13. The lowest BCUT2D eigenvalue weighted by molar-refractivity contribution is -0.123. The largest absolute Gasteiger partial charge is 0.481 e. The predicted octanol–water partition coefficient (Wildman–Crippen LogP) is 2.76. The first-order chi connectivity index (χ1) is 8.67. The van der Waals surface area contributed by atoms with Gasteiger partial charge in [-0.1, -0.05) is 38.8 Å². The number of nitrogens with one attached hydrogen (secondary N) is 1. The van der Waals surface area contributed by atoms with Gasteiger partial charge < -0.3 is 10.1 Å². The van der Waals surface area contributed by atoms with Crippen LogP contribution in [0.1, 0.15) is 26.7 Å². The molecule has 0 aliphatic carbocycles. The Morgan fingerprint density at radius 3 is 2.61 bits per heavy atom. The van der Waals surface area contributed by atoms with Crippen LogP contribution >= 0.6 is 0 Å². The highest BCUT2D eigenvalue weighted by atomic mass is 19.1. The van der Waals surface area contributed by atoms with E-state index in [0.717, 1.165) is 12.8 Å². The number of ether oxygens (including phenoxy) is 1. The molecule has 0 unspecified atom stereocenters. The van der Waals surface area contributed by atoms with Crippen LogP contribution in [0, 0.1) is 11.7 Å². The van der Waals surface area contributed by atoms with E-state index in [1.54, 1.807) is 12.1 Å². The van der Waals surface area contributed by atoms with E-state index in [2.05, 4.69) is 19.2 Å². The van der Waals surface area contributed by atoms with Gasteiger partial charge in [0.1, 0.15) is 0 Å². The van der Waals surface area contributed by atoms with E-state index in [1.165, 1.54) is 12.1 Å². The lowest BCUT2D eigenvalue weighted by Crippen LogP contribution is -2.32. The van der Waals surface area contributed by atoms with Crippen LogP contribution in [0.15, 0.2) is 24.3 Å². The SMILES string of the molecule is CCC(CC)CNC(=O)COc1ccccc1F. The summed E-state index contributed by atoms with van der Waals surface area (Å²) in [5.41, 5.74) is 0. The molecular formula is C14H20FNO2. The van der Waals surface area contributed by atoms with E-state index < -0.39 is 5.82 Å². The molecule has 18 heavy (non-hydrogen) atoms. The first-order valence-corrected chi connectivity index (χ1v) is 6.31. The average Bonchev–Trinajstić information content (AvgIpc) is 2.39. The highest BCUT2D eigenvalue weighted by Gasteiger charge is 2.08. The van der Waals surface area contributed by atoms with Crippen molar-refractivity contribution in [3.05, 3.63) is 30.1 Å². The summed E-state index contributed by atoms with van der Waals surface area (Å²) in [5.74, 6) is -0.0759. The monoisotopic (exact) mass is 253 g/mol. The summed E-state index contributed by atoms with van der Waals surface area (Å²) < 4.78 is 18.3. The normalized spacial score (nSPS) is 10.4. The second-order valence-corrected chi connectivity index (χ2v) is 4.21. The number of benzene rings is 1. The first-order valence-electron chi connectivity index (χ1n) is 6.31. The van der Waals surface area contributed by atoms with Crippen molar-refractivity contribution < 1.29 is 13.9 Å². The van der Waals surface area contributed by atoms with Gasteiger partial charge in [-0.05, 0) is 18.1 Å². The van der Waals surface area contributed by atoms with Crippen molar-refractivity contribution in [2.24, 2.45) is 5.92 Å². The molecule has 1 rings (SSSR count). The van der Waals surface area contributed by atoms with Gasteiger partial charge in [0, 0.05) is 6.54 Å². The van der Waals surface area contributed by atoms with Crippen LogP contribution in [0.25, 0.3) is 0 Å². The van der Waals surface area contributed by atoms with Crippen molar-refractivity contribution in [3.63, 3.8) is 0 Å². The topological polar surface area (TPSA) is 38.3 Å². The number of hydrogen-bond donors (Lipinski definition) is 1. The fourth-order valence-corrected chi connectivity index (χ4v) is 1.59. The minimum atomic E-state index is -0.453. The molecule has 0 aliphatic heterocycles. The highest BCUT2D eigenvalue weighted by molar-refractivity contribution is 5.77. The van der Waals surface area contributed by atoms with Crippen molar-refractivity contribution in [2.75, 3.05) is 13.2 Å². The second kappa shape index (κ2) is 7.69. The van der Waals surface area contributed by atoms with Crippen molar-refractivity contribution in [1.82, 2.24) is 5.32 Å². The Morgan fingerprint density at radius 1 is 1.33 bits per heavy atom. The third kappa shape index (κ3) is 4.73. The Balaban J connectivity index is 2.31. The van der Waals surface area contributed by atoms with Gasteiger partial charge in [-0.25, -0.2) is 4.39 Å². The van der Waals surface area contributed by atoms with Crippen molar-refractivity contribution in [3.8, 4) is 5.75 Å². The Kier molecular flexibility index (Phi) is 6.19. The fraction of sp³-hybridized carbons (Fsp3) is 0.500.